The summed E-state index contributed by atoms with van der Waals surface area (Å²) >= 11 is 0. The minimum Gasteiger partial charge on any atom is -0.508 e. The van der Waals surface area contributed by atoms with Crippen molar-refractivity contribution >= 4 is 29.3 Å². The molecule has 37 heavy (non-hydrogen) atoms. The zero-order chi connectivity index (χ0) is 27.4. The van der Waals surface area contributed by atoms with E-state index in [0.717, 1.165) is 0 Å². The van der Waals surface area contributed by atoms with Gasteiger partial charge in [-0.15, -0.1) is 0 Å². The van der Waals surface area contributed by atoms with Gasteiger partial charge in [0.05, 0.1) is 23.6 Å². The summed E-state index contributed by atoms with van der Waals surface area (Å²) < 4.78 is 0. The average Bonchev–Trinajstić information content (AvgIpc) is 2.75. The Morgan fingerprint density at radius 1 is 1.08 bits per heavy atom. The normalized spacial score (nSPS) is 30.4. The maximum atomic E-state index is 13.7. The van der Waals surface area contributed by atoms with Crippen LogP contribution < -0.4 is 11.5 Å². The van der Waals surface area contributed by atoms with Crippen molar-refractivity contribution in [1.29, 1.82) is 0 Å². The Balaban J connectivity index is 0.000000898. The van der Waals surface area contributed by atoms with Crippen LogP contribution >= 0.6 is 0 Å². The van der Waals surface area contributed by atoms with Crippen LogP contribution in [-0.4, -0.2) is 96.4 Å². The number of primary amides is 2. The number of phenolic OH excluding ortho intramolecular Hbond substituents is 1. The van der Waals surface area contributed by atoms with Crippen molar-refractivity contribution in [2.24, 2.45) is 23.3 Å². The molecule has 3 aliphatic carbocycles. The van der Waals surface area contributed by atoms with E-state index in [2.05, 4.69) is 5.73 Å². The highest BCUT2D eigenvalue weighted by Gasteiger charge is 2.68. The number of nitrogens with two attached hydrogens (primary N) is 2. The molecule has 202 valence electrons. The largest absolute Gasteiger partial charge is 0.508 e. The fourth-order valence-electron chi connectivity index (χ4n) is 5.58. The molecule has 1 aromatic carbocycles. The molecule has 1 saturated carbocycles. The predicted octanol–water partition coefficient (Wildman–Crippen LogP) is -1.71. The molecule has 14 nitrogen and oxygen atoms in total. The van der Waals surface area contributed by atoms with Crippen LogP contribution in [0.3, 0.4) is 0 Å². The van der Waals surface area contributed by atoms with Gasteiger partial charge < -0.3 is 47.6 Å². The number of aliphatic hydroxyl groups is 4. The molecule has 0 unspecified atom stereocenters. The van der Waals surface area contributed by atoms with E-state index in [4.69, 9.17) is 15.6 Å². The van der Waals surface area contributed by atoms with E-state index in [-0.39, 0.29) is 16.8 Å². The number of phenols is 1. The highest BCUT2D eigenvalue weighted by molar-refractivity contribution is 6.24. The number of carbonyl (C=O) groups excluding carboxylic acids is 3. The topological polar surface area (TPSA) is 276 Å². The standard InChI is InChI=1S/C22H24N2O8.CH3NO2.H2O/c1-7-8-5-4-6-9(25)11(8)16(26)12-10(7)17(27)14-15(24(2)3)18(28)13(21(23)31)20(30)22(14,32)19(12)29;2-1(3)4;/h4-7,10,14-15,17,25-27,30,32H,1-3H3,(H2,23,31);2H2,(H,3,4);1H2/t7-,10+,14+,15-,17-,22-;;/m0../s1. The highest BCUT2D eigenvalue weighted by Crippen LogP contribution is 2.55. The summed E-state index contributed by atoms with van der Waals surface area (Å²) in [6.45, 7) is 1.68. The second-order valence-electron chi connectivity index (χ2n) is 9.13. The van der Waals surface area contributed by atoms with E-state index < -0.39 is 81.7 Å². The molecule has 0 spiro atoms. The Hall–Kier alpha value is -3.98. The van der Waals surface area contributed by atoms with Gasteiger partial charge in [-0.1, -0.05) is 19.1 Å². The monoisotopic (exact) mass is 523 g/mol. The predicted molar refractivity (Wildman–Crippen MR) is 126 cm³/mol. The molecule has 0 heterocycles. The van der Waals surface area contributed by atoms with Crippen LogP contribution in [0.15, 0.2) is 35.1 Å². The van der Waals surface area contributed by atoms with Gasteiger partial charge in [-0.2, -0.15) is 0 Å². The van der Waals surface area contributed by atoms with E-state index in [0.29, 0.717) is 5.56 Å². The van der Waals surface area contributed by atoms with Crippen LogP contribution in [0.1, 0.15) is 24.0 Å². The zero-order valence-electron chi connectivity index (χ0n) is 20.0. The van der Waals surface area contributed by atoms with E-state index in [1.165, 1.54) is 25.1 Å². The molecule has 3 aliphatic rings. The zero-order valence-corrected chi connectivity index (χ0v) is 20.0. The lowest BCUT2D eigenvalue weighted by Crippen LogP contribution is -2.70. The molecule has 12 N–H and O–H groups in total. The first-order valence-electron chi connectivity index (χ1n) is 10.7. The van der Waals surface area contributed by atoms with E-state index >= 15 is 0 Å². The van der Waals surface area contributed by atoms with Crippen molar-refractivity contribution in [2.45, 2.75) is 30.6 Å². The smallest absolute Gasteiger partial charge is 0.402 e. The third-order valence-corrected chi connectivity index (χ3v) is 6.99. The van der Waals surface area contributed by atoms with Gasteiger partial charge in [0, 0.05) is 11.5 Å². The fourth-order valence-corrected chi connectivity index (χ4v) is 5.58. The Morgan fingerprint density at radius 3 is 2.11 bits per heavy atom. The molecule has 0 aliphatic heterocycles. The summed E-state index contributed by atoms with van der Waals surface area (Å²) in [5.74, 6) is -8.87. The molecule has 0 saturated heterocycles. The van der Waals surface area contributed by atoms with Gasteiger partial charge >= 0.3 is 6.09 Å². The van der Waals surface area contributed by atoms with Crippen molar-refractivity contribution in [1.82, 2.24) is 4.90 Å². The van der Waals surface area contributed by atoms with Crippen LogP contribution in [0.2, 0.25) is 0 Å². The van der Waals surface area contributed by atoms with Gasteiger partial charge in [-0.25, -0.2) is 4.79 Å². The summed E-state index contributed by atoms with van der Waals surface area (Å²) in [6.07, 6.45) is -2.92. The van der Waals surface area contributed by atoms with Crippen molar-refractivity contribution < 1.29 is 55.3 Å². The number of ketones is 2. The van der Waals surface area contributed by atoms with E-state index in [1.807, 2.05) is 0 Å². The minimum absolute atomic E-state index is 0. The summed E-state index contributed by atoms with van der Waals surface area (Å²) in [5, 5.41) is 62.1. The molecule has 14 heteroatoms. The van der Waals surface area contributed by atoms with Crippen molar-refractivity contribution in [2.75, 3.05) is 14.1 Å². The number of rotatable bonds is 2. The van der Waals surface area contributed by atoms with Crippen molar-refractivity contribution in [3.05, 3.63) is 46.2 Å². The van der Waals surface area contributed by atoms with Crippen LogP contribution in [0.4, 0.5) is 4.79 Å². The summed E-state index contributed by atoms with van der Waals surface area (Å²) in [6, 6.07) is 3.13. The van der Waals surface area contributed by atoms with Crippen molar-refractivity contribution in [3.8, 4) is 5.75 Å². The lowest BCUT2D eigenvalue weighted by Gasteiger charge is -2.53. The Morgan fingerprint density at radius 2 is 1.62 bits per heavy atom. The number of aliphatic hydroxyl groups excluding tert-OH is 3. The molecule has 0 aromatic heterocycles. The quantitative estimate of drug-likeness (QED) is 0.202. The average molecular weight is 523 g/mol. The number of carbonyl (C=O) groups is 4. The van der Waals surface area contributed by atoms with Gasteiger partial charge in [0.25, 0.3) is 5.91 Å². The molecule has 2 amide bonds. The molecule has 6 atom stereocenters. The number of fused-ring (bicyclic) bond motifs is 3. The third kappa shape index (κ3) is 4.09. The van der Waals surface area contributed by atoms with Gasteiger partial charge in [-0.3, -0.25) is 19.3 Å². The molecule has 1 fully saturated rings. The summed E-state index contributed by atoms with van der Waals surface area (Å²) in [5.41, 5.74) is 5.50. The summed E-state index contributed by atoms with van der Waals surface area (Å²) in [7, 11) is 2.92. The number of Topliss-reactive ketones (excluding diaryl/α,β-unsaturated/α-hetero) is 2. The Bertz CT molecular complexity index is 1230. The van der Waals surface area contributed by atoms with Crippen LogP contribution in [0, 0.1) is 11.8 Å². The Labute approximate surface area is 210 Å². The van der Waals surface area contributed by atoms with E-state index in [1.54, 1.807) is 19.1 Å². The fraction of sp³-hybridized carbons (Fsp3) is 0.391. The van der Waals surface area contributed by atoms with E-state index in [9.17, 15) is 39.9 Å². The maximum Gasteiger partial charge on any atom is 0.402 e. The number of hydrogen-bond acceptors (Lipinski definition) is 10. The first kappa shape index (κ1) is 29.3. The molecular formula is C23H29N3O11. The molecule has 0 bridgehead atoms. The van der Waals surface area contributed by atoms with Crippen molar-refractivity contribution in [3.63, 3.8) is 0 Å². The number of nitrogens with zero attached hydrogens (tertiary/aromatic N) is 1. The number of likely N-dealkylation sites (N-methyl/N-ethyl adjacent to an activating group) is 1. The molecular weight excluding hydrogens is 494 g/mol. The van der Waals surface area contributed by atoms with Gasteiger partial charge in [0.1, 0.15) is 22.8 Å². The number of benzene rings is 1. The van der Waals surface area contributed by atoms with Gasteiger partial charge in [-0.05, 0) is 31.6 Å². The first-order chi connectivity index (χ1) is 16.6. The minimum atomic E-state index is -2.89. The van der Waals surface area contributed by atoms with Gasteiger partial charge in [0.15, 0.2) is 11.4 Å². The number of amides is 2. The number of carboxylic acid groups (broad SMARTS) is 1. The lowest BCUT2D eigenvalue weighted by atomic mass is 9.54. The highest BCUT2D eigenvalue weighted by atomic mass is 16.4. The third-order valence-electron chi connectivity index (χ3n) is 6.99. The van der Waals surface area contributed by atoms with Crippen LogP contribution in [0.25, 0.3) is 5.76 Å². The SMILES string of the molecule is C[C@H]1c2cccc(O)c2C(O)=C2C(=O)[C@]3(O)C(O)=C(C(N)=O)C(=O)[C@@H](N(C)C)[C@@H]3[C@@H](O)[C@@H]21.NC(=O)O.O. The lowest BCUT2D eigenvalue weighted by molar-refractivity contribution is -0.169. The first-order valence-corrected chi connectivity index (χ1v) is 10.7. The summed E-state index contributed by atoms with van der Waals surface area (Å²) in [4.78, 5) is 48.7. The number of aromatic hydroxyl groups is 1. The second-order valence-corrected chi connectivity index (χ2v) is 9.13. The molecule has 0 radical (unpaired) electrons. The molecule has 4 rings (SSSR count). The van der Waals surface area contributed by atoms with Gasteiger partial charge in [0.2, 0.25) is 5.78 Å². The van der Waals surface area contributed by atoms with Crippen LogP contribution in [-0.2, 0) is 14.4 Å². The van der Waals surface area contributed by atoms with Crippen LogP contribution in [0.5, 0.6) is 5.75 Å². The Kier molecular flexibility index (Phi) is 7.76. The second kappa shape index (κ2) is 9.82. The number of hydrogen-bond donors (Lipinski definition) is 8. The maximum absolute atomic E-state index is 13.7. The molecule has 1 aromatic rings.